The number of thioether (sulfide) groups is 1. The molecule has 4 rings (SSSR count). The lowest BCUT2D eigenvalue weighted by Gasteiger charge is -2.19. The quantitative estimate of drug-likeness (QED) is 0.333. The van der Waals surface area contributed by atoms with Crippen molar-refractivity contribution in [2.75, 3.05) is 4.90 Å². The van der Waals surface area contributed by atoms with Crippen LogP contribution >= 0.6 is 23.1 Å². The number of pyridine rings is 1. The number of hydrogen-bond donors (Lipinski definition) is 0. The molecule has 0 atom stereocenters. The normalized spacial score (nSPS) is 11.1. The van der Waals surface area contributed by atoms with Crippen LogP contribution in [0.4, 0.5) is 10.8 Å². The van der Waals surface area contributed by atoms with Gasteiger partial charge in [-0.3, -0.25) is 9.69 Å². The Labute approximate surface area is 185 Å². The van der Waals surface area contributed by atoms with Crippen LogP contribution in [0.2, 0.25) is 0 Å². The van der Waals surface area contributed by atoms with Crippen molar-refractivity contribution in [3.63, 3.8) is 0 Å². The number of fused-ring (bicyclic) bond motifs is 1. The lowest BCUT2D eigenvalue weighted by molar-refractivity contribution is -0.115. The van der Waals surface area contributed by atoms with Gasteiger partial charge in [0.15, 0.2) is 5.13 Å². The topological polar surface area (TPSA) is 46.1 Å². The van der Waals surface area contributed by atoms with E-state index in [9.17, 15) is 4.79 Å². The molecular weight excluding hydrogens is 410 g/mol. The van der Waals surface area contributed by atoms with E-state index < -0.39 is 0 Å². The molecule has 0 spiro atoms. The molecule has 4 aromatic rings. The Morgan fingerprint density at radius 1 is 1.00 bits per heavy atom. The predicted octanol–water partition coefficient (Wildman–Crippen LogP) is 6.59. The van der Waals surface area contributed by atoms with Gasteiger partial charge in [0.25, 0.3) is 0 Å². The summed E-state index contributed by atoms with van der Waals surface area (Å²) in [4.78, 5) is 23.5. The van der Waals surface area contributed by atoms with Crippen molar-refractivity contribution < 1.29 is 4.79 Å². The second kappa shape index (κ2) is 8.58. The highest BCUT2D eigenvalue weighted by Crippen LogP contribution is 2.32. The maximum Gasteiger partial charge on any atom is 0.230 e. The summed E-state index contributed by atoms with van der Waals surface area (Å²) in [6, 6.07) is 16.4. The van der Waals surface area contributed by atoms with E-state index in [0.717, 1.165) is 27.5 Å². The third kappa shape index (κ3) is 4.25. The Morgan fingerprint density at radius 2 is 1.80 bits per heavy atom. The van der Waals surface area contributed by atoms with Crippen molar-refractivity contribution >= 4 is 50.7 Å². The van der Waals surface area contributed by atoms with Crippen molar-refractivity contribution in [1.29, 1.82) is 0 Å². The van der Waals surface area contributed by atoms with Crippen LogP contribution in [0.15, 0.2) is 58.9 Å². The van der Waals surface area contributed by atoms with E-state index in [1.165, 1.54) is 27.8 Å². The lowest BCUT2D eigenvalue weighted by atomic mass is 10.1. The highest BCUT2D eigenvalue weighted by atomic mass is 32.2. The summed E-state index contributed by atoms with van der Waals surface area (Å²) in [5.41, 5.74) is 6.39. The van der Waals surface area contributed by atoms with Crippen LogP contribution in [-0.2, 0) is 10.5 Å². The molecule has 0 radical (unpaired) electrons. The van der Waals surface area contributed by atoms with Gasteiger partial charge in [0.1, 0.15) is 0 Å². The van der Waals surface area contributed by atoms with Crippen LogP contribution in [0.3, 0.4) is 0 Å². The zero-order chi connectivity index (χ0) is 21.3. The number of benzene rings is 2. The van der Waals surface area contributed by atoms with Gasteiger partial charge in [0.2, 0.25) is 5.91 Å². The fraction of sp³-hybridized carbons (Fsp3) is 0.208. The number of carbonyl (C=O) groups excluding carboxylic acids is 1. The first-order valence-electron chi connectivity index (χ1n) is 9.74. The van der Waals surface area contributed by atoms with Gasteiger partial charge in [-0.15, -0.1) is 11.3 Å². The second-order valence-electron chi connectivity index (χ2n) is 7.33. The number of rotatable bonds is 5. The zero-order valence-electron chi connectivity index (χ0n) is 17.5. The van der Waals surface area contributed by atoms with E-state index in [2.05, 4.69) is 32.9 Å². The van der Waals surface area contributed by atoms with E-state index in [1.807, 2.05) is 41.8 Å². The number of amides is 1. The standard InChI is InChI=1S/C24H23N3OS2/c1-15-9-10-20(11-16(15)2)27(18(4)28)24-25-19(14-30-24)13-29-23-12-17(3)21-7-5-6-8-22(21)26-23/h5-12,14H,13H2,1-4H3. The second-order valence-corrected chi connectivity index (χ2v) is 9.16. The molecule has 2 heterocycles. The van der Waals surface area contributed by atoms with Gasteiger partial charge in [-0.25, -0.2) is 9.97 Å². The summed E-state index contributed by atoms with van der Waals surface area (Å²) in [6.07, 6.45) is 0. The molecule has 0 saturated heterocycles. The SMILES string of the molecule is CC(=O)N(c1ccc(C)c(C)c1)c1nc(CSc2cc(C)c3ccccc3n2)cs1. The Hall–Kier alpha value is -2.70. The van der Waals surface area contributed by atoms with Crippen LogP contribution < -0.4 is 4.90 Å². The minimum atomic E-state index is -0.0429. The molecule has 2 aromatic carbocycles. The van der Waals surface area contributed by atoms with Gasteiger partial charge in [0, 0.05) is 23.4 Å². The number of para-hydroxylation sites is 1. The fourth-order valence-corrected chi connectivity index (χ4v) is 5.16. The summed E-state index contributed by atoms with van der Waals surface area (Å²) in [5.74, 6) is 0.665. The number of aromatic nitrogens is 2. The molecule has 0 fully saturated rings. The monoisotopic (exact) mass is 433 g/mol. The average Bonchev–Trinajstić information content (AvgIpc) is 3.17. The minimum Gasteiger partial charge on any atom is -0.274 e. The predicted molar refractivity (Wildman–Crippen MR) is 127 cm³/mol. The third-order valence-electron chi connectivity index (χ3n) is 5.06. The molecule has 0 bridgehead atoms. The number of hydrogen-bond acceptors (Lipinski definition) is 5. The van der Waals surface area contributed by atoms with Crippen molar-refractivity contribution in [3.05, 3.63) is 76.3 Å². The van der Waals surface area contributed by atoms with Crippen LogP contribution in [-0.4, -0.2) is 15.9 Å². The van der Waals surface area contributed by atoms with E-state index in [-0.39, 0.29) is 5.91 Å². The summed E-state index contributed by atoms with van der Waals surface area (Å²) >= 11 is 3.16. The molecule has 4 nitrogen and oxygen atoms in total. The molecule has 2 aromatic heterocycles. The number of aryl methyl sites for hydroxylation is 3. The van der Waals surface area contributed by atoms with Gasteiger partial charge in [0.05, 0.1) is 21.9 Å². The first-order chi connectivity index (χ1) is 14.4. The maximum atomic E-state index is 12.4. The van der Waals surface area contributed by atoms with Gasteiger partial charge >= 0.3 is 0 Å². The fourth-order valence-electron chi connectivity index (χ4n) is 3.30. The van der Waals surface area contributed by atoms with Crippen LogP contribution in [0.25, 0.3) is 10.9 Å². The van der Waals surface area contributed by atoms with Crippen LogP contribution in [0.1, 0.15) is 29.3 Å². The Kier molecular flexibility index (Phi) is 5.88. The highest BCUT2D eigenvalue weighted by Gasteiger charge is 2.18. The third-order valence-corrected chi connectivity index (χ3v) is 6.88. The molecule has 30 heavy (non-hydrogen) atoms. The van der Waals surface area contributed by atoms with E-state index in [4.69, 9.17) is 9.97 Å². The summed E-state index contributed by atoms with van der Waals surface area (Å²) in [6.45, 7) is 7.81. The summed E-state index contributed by atoms with van der Waals surface area (Å²) in [5, 5.41) is 4.89. The summed E-state index contributed by atoms with van der Waals surface area (Å²) < 4.78 is 0. The molecule has 0 aliphatic rings. The number of thiazole rings is 1. The molecule has 0 aliphatic heterocycles. The summed E-state index contributed by atoms with van der Waals surface area (Å²) in [7, 11) is 0. The number of anilines is 2. The molecule has 152 valence electrons. The molecule has 0 N–H and O–H groups in total. The maximum absolute atomic E-state index is 12.4. The minimum absolute atomic E-state index is 0.0429. The Balaban J connectivity index is 1.54. The first kappa shape index (κ1) is 20.6. The van der Waals surface area contributed by atoms with Crippen LogP contribution in [0.5, 0.6) is 0 Å². The largest absolute Gasteiger partial charge is 0.274 e. The number of nitrogens with zero attached hydrogens (tertiary/aromatic N) is 3. The first-order valence-corrected chi connectivity index (χ1v) is 11.6. The number of carbonyl (C=O) groups is 1. The van der Waals surface area contributed by atoms with Crippen molar-refractivity contribution in [1.82, 2.24) is 9.97 Å². The van der Waals surface area contributed by atoms with Crippen molar-refractivity contribution in [3.8, 4) is 0 Å². The molecule has 0 aliphatic carbocycles. The smallest absolute Gasteiger partial charge is 0.230 e. The molecule has 6 heteroatoms. The average molecular weight is 434 g/mol. The van der Waals surface area contributed by atoms with E-state index in [0.29, 0.717) is 10.9 Å². The van der Waals surface area contributed by atoms with E-state index in [1.54, 1.807) is 23.6 Å². The van der Waals surface area contributed by atoms with Gasteiger partial charge in [-0.1, -0.05) is 36.0 Å². The van der Waals surface area contributed by atoms with Crippen LogP contribution in [0, 0.1) is 20.8 Å². The molecule has 0 saturated carbocycles. The Morgan fingerprint density at radius 3 is 2.57 bits per heavy atom. The van der Waals surface area contributed by atoms with Crippen molar-refractivity contribution in [2.45, 2.75) is 38.5 Å². The highest BCUT2D eigenvalue weighted by molar-refractivity contribution is 7.98. The molecular formula is C24H23N3OS2. The van der Waals surface area contributed by atoms with Gasteiger partial charge < -0.3 is 0 Å². The zero-order valence-corrected chi connectivity index (χ0v) is 19.1. The molecule has 0 unspecified atom stereocenters. The molecule has 1 amide bonds. The van der Waals surface area contributed by atoms with Gasteiger partial charge in [-0.05, 0) is 61.7 Å². The Bertz CT molecular complexity index is 1230. The van der Waals surface area contributed by atoms with Crippen molar-refractivity contribution in [2.24, 2.45) is 0 Å². The van der Waals surface area contributed by atoms with Gasteiger partial charge in [-0.2, -0.15) is 0 Å². The lowest BCUT2D eigenvalue weighted by Crippen LogP contribution is -2.22. The van der Waals surface area contributed by atoms with E-state index >= 15 is 0 Å².